The lowest BCUT2D eigenvalue weighted by atomic mass is 9.84. The number of nitrogens with two attached hydrogens (primary N) is 1. The lowest BCUT2D eigenvalue weighted by Crippen LogP contribution is -2.30. The quantitative estimate of drug-likeness (QED) is 0.681. The van der Waals surface area contributed by atoms with E-state index in [1.54, 1.807) is 0 Å². The van der Waals surface area contributed by atoms with Gasteiger partial charge in [0.15, 0.2) is 0 Å². The highest BCUT2D eigenvalue weighted by Crippen LogP contribution is 2.32. The molecule has 3 heteroatoms. The summed E-state index contributed by atoms with van der Waals surface area (Å²) in [6.45, 7) is 4.40. The van der Waals surface area contributed by atoms with Gasteiger partial charge in [0.2, 0.25) is 0 Å². The van der Waals surface area contributed by atoms with Crippen LogP contribution < -0.4 is 5.73 Å². The fourth-order valence-corrected chi connectivity index (χ4v) is 3.34. The Balaban J connectivity index is 2.66. The molecule has 0 spiro atoms. The predicted molar refractivity (Wildman–Crippen MR) is 53.2 cm³/mol. The molecule has 0 aromatic rings. The van der Waals surface area contributed by atoms with Crippen molar-refractivity contribution in [3.63, 3.8) is 0 Å². The lowest BCUT2D eigenvalue weighted by Gasteiger charge is -2.25. The first kappa shape index (κ1) is 10.2. The minimum atomic E-state index is -0.794. The summed E-state index contributed by atoms with van der Waals surface area (Å²) in [6, 6.07) is 0. The van der Waals surface area contributed by atoms with Gasteiger partial charge in [0.05, 0.1) is 5.37 Å². The van der Waals surface area contributed by atoms with E-state index in [1.165, 1.54) is 6.42 Å². The molecule has 0 bridgehead atoms. The first-order valence-electron chi connectivity index (χ1n) is 4.70. The van der Waals surface area contributed by atoms with E-state index in [0.29, 0.717) is 0 Å². The normalized spacial score (nSPS) is 43.9. The molecule has 72 valence electrons. The minimum absolute atomic E-state index is 0.0709. The van der Waals surface area contributed by atoms with Crippen molar-refractivity contribution in [3.05, 3.63) is 0 Å². The van der Waals surface area contributed by atoms with E-state index >= 15 is 0 Å². The highest BCUT2D eigenvalue weighted by atomic mass is 32.2. The third-order valence-corrected chi connectivity index (χ3v) is 4.84. The molecule has 2 nitrogen and oxygen atoms in total. The molecule has 1 aliphatic rings. The SMILES string of the molecule is CCC1(C)CCCC(N)S(=O)C1. The fraction of sp³-hybridized carbons (Fsp3) is 1.00. The molecule has 0 aliphatic carbocycles. The Labute approximate surface area is 77.4 Å². The van der Waals surface area contributed by atoms with Crippen LogP contribution in [-0.2, 0) is 10.8 Å². The van der Waals surface area contributed by atoms with Crippen LogP contribution >= 0.6 is 0 Å². The molecule has 0 aromatic heterocycles. The molecule has 3 atom stereocenters. The highest BCUT2D eigenvalue weighted by Gasteiger charge is 2.30. The van der Waals surface area contributed by atoms with E-state index in [1.807, 2.05) is 0 Å². The Morgan fingerprint density at radius 1 is 1.67 bits per heavy atom. The van der Waals surface area contributed by atoms with Crippen LogP contribution in [0.5, 0.6) is 0 Å². The van der Waals surface area contributed by atoms with Crippen LogP contribution in [-0.4, -0.2) is 15.3 Å². The second-order valence-corrected chi connectivity index (χ2v) is 5.78. The van der Waals surface area contributed by atoms with Gasteiger partial charge in [0.1, 0.15) is 0 Å². The van der Waals surface area contributed by atoms with Crippen LogP contribution in [0.1, 0.15) is 39.5 Å². The van der Waals surface area contributed by atoms with Gasteiger partial charge >= 0.3 is 0 Å². The lowest BCUT2D eigenvalue weighted by molar-refractivity contribution is 0.322. The highest BCUT2D eigenvalue weighted by molar-refractivity contribution is 7.85. The molecular weight excluding hydrogens is 170 g/mol. The second-order valence-electron chi connectivity index (χ2n) is 4.12. The maximum atomic E-state index is 11.6. The van der Waals surface area contributed by atoms with Gasteiger partial charge in [0.25, 0.3) is 0 Å². The van der Waals surface area contributed by atoms with Crippen molar-refractivity contribution in [1.29, 1.82) is 0 Å². The van der Waals surface area contributed by atoms with Crippen molar-refractivity contribution < 1.29 is 4.21 Å². The smallest absolute Gasteiger partial charge is 0.0810 e. The topological polar surface area (TPSA) is 43.1 Å². The second kappa shape index (κ2) is 3.88. The van der Waals surface area contributed by atoms with Crippen molar-refractivity contribution in [2.24, 2.45) is 11.1 Å². The first-order chi connectivity index (χ1) is 5.57. The van der Waals surface area contributed by atoms with Gasteiger partial charge < -0.3 is 5.73 Å². The molecule has 1 fully saturated rings. The van der Waals surface area contributed by atoms with E-state index in [9.17, 15) is 4.21 Å². The van der Waals surface area contributed by atoms with Crippen LogP contribution in [0.3, 0.4) is 0 Å². The van der Waals surface area contributed by atoms with E-state index in [0.717, 1.165) is 25.0 Å². The Morgan fingerprint density at radius 2 is 2.33 bits per heavy atom. The zero-order valence-corrected chi connectivity index (χ0v) is 8.82. The van der Waals surface area contributed by atoms with Crippen LogP contribution in [0.4, 0.5) is 0 Å². The van der Waals surface area contributed by atoms with Crippen LogP contribution in [0.15, 0.2) is 0 Å². The van der Waals surface area contributed by atoms with Gasteiger partial charge in [-0.15, -0.1) is 0 Å². The Bertz CT molecular complexity index is 183. The molecule has 1 rings (SSSR count). The van der Waals surface area contributed by atoms with Crippen molar-refractivity contribution in [2.45, 2.75) is 44.9 Å². The monoisotopic (exact) mass is 189 g/mol. The predicted octanol–water partition coefficient (Wildman–Crippen LogP) is 1.62. The van der Waals surface area contributed by atoms with Crippen LogP contribution in [0.25, 0.3) is 0 Å². The molecule has 0 aromatic carbocycles. The molecule has 2 N–H and O–H groups in total. The van der Waals surface area contributed by atoms with E-state index in [4.69, 9.17) is 5.73 Å². The summed E-state index contributed by atoms with van der Waals surface area (Å²) in [5.74, 6) is 0.796. The van der Waals surface area contributed by atoms with E-state index < -0.39 is 10.8 Å². The van der Waals surface area contributed by atoms with Crippen molar-refractivity contribution in [2.75, 3.05) is 5.75 Å². The summed E-state index contributed by atoms with van der Waals surface area (Å²) in [5, 5.41) is -0.0709. The number of rotatable bonds is 1. The summed E-state index contributed by atoms with van der Waals surface area (Å²) in [7, 11) is -0.794. The Hall–Kier alpha value is 0.110. The third kappa shape index (κ3) is 2.30. The standard InChI is InChI=1S/C9H19NOS/c1-3-9(2)6-4-5-8(10)12(11)7-9/h8H,3-7,10H2,1-2H3. The number of hydrogen-bond donors (Lipinski definition) is 1. The summed E-state index contributed by atoms with van der Waals surface area (Å²) in [6.07, 6.45) is 4.37. The maximum Gasteiger partial charge on any atom is 0.0810 e. The zero-order chi connectivity index (χ0) is 9.19. The molecule has 1 heterocycles. The van der Waals surface area contributed by atoms with Gasteiger partial charge in [-0.1, -0.05) is 20.3 Å². The van der Waals surface area contributed by atoms with Crippen molar-refractivity contribution in [1.82, 2.24) is 0 Å². The van der Waals surface area contributed by atoms with Gasteiger partial charge in [0, 0.05) is 16.6 Å². The molecule has 0 amide bonds. The Morgan fingerprint density at radius 3 is 2.92 bits per heavy atom. The molecular formula is C9H19NOS. The van der Waals surface area contributed by atoms with Gasteiger partial charge in [-0.3, -0.25) is 4.21 Å². The maximum absolute atomic E-state index is 11.6. The average molecular weight is 189 g/mol. The largest absolute Gasteiger partial charge is 0.317 e. The molecule has 3 unspecified atom stereocenters. The van der Waals surface area contributed by atoms with Crippen molar-refractivity contribution in [3.8, 4) is 0 Å². The summed E-state index contributed by atoms with van der Waals surface area (Å²) >= 11 is 0. The van der Waals surface area contributed by atoms with Gasteiger partial charge in [-0.25, -0.2) is 0 Å². The number of hydrogen-bond acceptors (Lipinski definition) is 2. The fourth-order valence-electron chi connectivity index (χ4n) is 1.66. The zero-order valence-electron chi connectivity index (χ0n) is 8.01. The Kier molecular flexibility index (Phi) is 3.29. The third-order valence-electron chi connectivity index (χ3n) is 2.95. The van der Waals surface area contributed by atoms with E-state index in [-0.39, 0.29) is 10.8 Å². The van der Waals surface area contributed by atoms with Gasteiger partial charge in [-0.2, -0.15) is 0 Å². The summed E-state index contributed by atoms with van der Waals surface area (Å²) in [4.78, 5) is 0. The molecule has 1 saturated heterocycles. The van der Waals surface area contributed by atoms with Crippen LogP contribution in [0.2, 0.25) is 0 Å². The molecule has 0 radical (unpaired) electrons. The van der Waals surface area contributed by atoms with Crippen molar-refractivity contribution >= 4 is 10.8 Å². The van der Waals surface area contributed by atoms with Crippen LogP contribution in [0, 0.1) is 5.41 Å². The first-order valence-corrected chi connectivity index (χ1v) is 6.08. The summed E-state index contributed by atoms with van der Waals surface area (Å²) < 4.78 is 11.6. The average Bonchev–Trinajstić information content (AvgIpc) is 2.14. The molecule has 12 heavy (non-hydrogen) atoms. The molecule has 1 aliphatic heterocycles. The summed E-state index contributed by atoms with van der Waals surface area (Å²) in [5.41, 5.74) is 6.03. The van der Waals surface area contributed by atoms with Gasteiger partial charge in [-0.05, 0) is 24.7 Å². The molecule has 0 saturated carbocycles. The minimum Gasteiger partial charge on any atom is -0.317 e. The van der Waals surface area contributed by atoms with E-state index in [2.05, 4.69) is 13.8 Å².